The molecule has 0 heterocycles. The van der Waals surface area contributed by atoms with Crippen LogP contribution in [0.4, 0.5) is 0 Å². The van der Waals surface area contributed by atoms with Crippen LogP contribution >= 0.6 is 0 Å². The van der Waals surface area contributed by atoms with Crippen molar-refractivity contribution >= 4 is 5.78 Å². The van der Waals surface area contributed by atoms with Crippen molar-refractivity contribution < 1.29 is 4.79 Å². The fourth-order valence-electron chi connectivity index (χ4n) is 3.71. The molecular formula is C16H20O. The Morgan fingerprint density at radius 2 is 1.65 bits per heavy atom. The second-order valence-electron chi connectivity index (χ2n) is 5.67. The second kappa shape index (κ2) is 4.64. The summed E-state index contributed by atoms with van der Waals surface area (Å²) >= 11 is 0. The summed E-state index contributed by atoms with van der Waals surface area (Å²) < 4.78 is 0. The molecule has 2 saturated carbocycles. The van der Waals surface area contributed by atoms with Crippen molar-refractivity contribution in [3.63, 3.8) is 0 Å². The summed E-state index contributed by atoms with van der Waals surface area (Å²) in [5, 5.41) is 0. The number of hydrogen-bond acceptors (Lipinski definition) is 1. The van der Waals surface area contributed by atoms with E-state index in [2.05, 4.69) is 24.3 Å². The number of fused-ring (bicyclic) bond motifs is 1. The number of benzene rings is 1. The molecular weight excluding hydrogens is 208 g/mol. The molecule has 1 nitrogen and oxygen atoms in total. The van der Waals surface area contributed by atoms with Gasteiger partial charge in [-0.3, -0.25) is 4.79 Å². The fourth-order valence-corrected chi connectivity index (χ4v) is 3.71. The van der Waals surface area contributed by atoms with E-state index in [0.29, 0.717) is 11.7 Å². The van der Waals surface area contributed by atoms with Crippen LogP contribution in [0.5, 0.6) is 0 Å². The molecule has 2 aliphatic rings. The first kappa shape index (κ1) is 11.0. The first-order chi connectivity index (χ1) is 8.34. The van der Waals surface area contributed by atoms with Crippen LogP contribution in [-0.4, -0.2) is 5.78 Å². The highest BCUT2D eigenvalue weighted by Gasteiger charge is 2.37. The summed E-state index contributed by atoms with van der Waals surface area (Å²) in [6.07, 6.45) is 7.29. The van der Waals surface area contributed by atoms with Gasteiger partial charge in [-0.1, -0.05) is 49.6 Å². The predicted molar refractivity (Wildman–Crippen MR) is 68.9 cm³/mol. The lowest BCUT2D eigenvalue weighted by Gasteiger charge is -2.38. The van der Waals surface area contributed by atoms with Gasteiger partial charge in [-0.2, -0.15) is 0 Å². The third-order valence-electron chi connectivity index (χ3n) is 4.66. The van der Waals surface area contributed by atoms with E-state index in [1.54, 1.807) is 0 Å². The number of hydrogen-bond donors (Lipinski definition) is 0. The second-order valence-corrected chi connectivity index (χ2v) is 5.67. The molecule has 0 N–H and O–H groups in total. The van der Waals surface area contributed by atoms with Crippen LogP contribution in [0.15, 0.2) is 30.3 Å². The van der Waals surface area contributed by atoms with Crippen molar-refractivity contribution in [2.75, 3.05) is 0 Å². The van der Waals surface area contributed by atoms with Crippen LogP contribution in [0.1, 0.15) is 50.0 Å². The third-order valence-corrected chi connectivity index (χ3v) is 4.66. The summed E-state index contributed by atoms with van der Waals surface area (Å²) in [6.45, 7) is 0. The Morgan fingerprint density at radius 3 is 2.41 bits per heavy atom. The molecule has 3 atom stereocenters. The molecule has 1 aromatic rings. The van der Waals surface area contributed by atoms with E-state index in [1.165, 1.54) is 31.2 Å². The van der Waals surface area contributed by atoms with E-state index < -0.39 is 0 Å². The maximum atomic E-state index is 12.2. The van der Waals surface area contributed by atoms with Crippen molar-refractivity contribution in [1.82, 2.24) is 0 Å². The lowest BCUT2D eigenvalue weighted by atomic mass is 9.66. The van der Waals surface area contributed by atoms with Gasteiger partial charge in [0.1, 0.15) is 5.78 Å². The van der Waals surface area contributed by atoms with E-state index in [1.807, 2.05) is 6.07 Å². The average Bonchev–Trinajstić information content (AvgIpc) is 2.39. The molecule has 0 unspecified atom stereocenters. The van der Waals surface area contributed by atoms with Crippen molar-refractivity contribution in [2.24, 2.45) is 11.8 Å². The molecule has 17 heavy (non-hydrogen) atoms. The predicted octanol–water partition coefficient (Wildman–Crippen LogP) is 3.94. The monoisotopic (exact) mass is 228 g/mol. The zero-order valence-corrected chi connectivity index (χ0v) is 10.3. The van der Waals surface area contributed by atoms with Gasteiger partial charge in [0.2, 0.25) is 0 Å². The standard InChI is InChI=1S/C16H20O/c17-16-11-14-9-5-4-8-13(14)10-15(16)12-6-2-1-3-7-12/h1-3,6-7,13-15H,4-5,8-11H2/t13-,14-,15-/m1/s1. The molecule has 0 radical (unpaired) electrons. The van der Waals surface area contributed by atoms with Crippen LogP contribution in [0, 0.1) is 11.8 Å². The molecule has 2 fully saturated rings. The molecule has 0 aliphatic heterocycles. The highest BCUT2D eigenvalue weighted by atomic mass is 16.1. The molecule has 3 rings (SSSR count). The maximum Gasteiger partial charge on any atom is 0.140 e. The van der Waals surface area contributed by atoms with Gasteiger partial charge in [-0.15, -0.1) is 0 Å². The Morgan fingerprint density at radius 1 is 0.941 bits per heavy atom. The smallest absolute Gasteiger partial charge is 0.140 e. The first-order valence-electron chi connectivity index (χ1n) is 6.92. The molecule has 0 bridgehead atoms. The van der Waals surface area contributed by atoms with Gasteiger partial charge in [-0.25, -0.2) is 0 Å². The van der Waals surface area contributed by atoms with Gasteiger partial charge < -0.3 is 0 Å². The molecule has 2 aliphatic carbocycles. The molecule has 0 spiro atoms. The lowest BCUT2D eigenvalue weighted by molar-refractivity contribution is -0.125. The average molecular weight is 228 g/mol. The fraction of sp³-hybridized carbons (Fsp3) is 0.562. The van der Waals surface area contributed by atoms with Crippen molar-refractivity contribution in [3.05, 3.63) is 35.9 Å². The number of carbonyl (C=O) groups is 1. The summed E-state index contributed by atoms with van der Waals surface area (Å²) in [7, 11) is 0. The van der Waals surface area contributed by atoms with E-state index in [-0.39, 0.29) is 5.92 Å². The Kier molecular flexibility index (Phi) is 3.00. The molecule has 0 saturated heterocycles. The molecule has 0 amide bonds. The highest BCUT2D eigenvalue weighted by Crippen LogP contribution is 2.44. The van der Waals surface area contributed by atoms with Crippen LogP contribution in [0.3, 0.4) is 0 Å². The summed E-state index contributed by atoms with van der Waals surface area (Å²) in [4.78, 5) is 12.2. The van der Waals surface area contributed by atoms with Crippen molar-refractivity contribution in [3.8, 4) is 0 Å². The Bertz CT molecular complexity index is 395. The molecule has 1 heteroatoms. The first-order valence-corrected chi connectivity index (χ1v) is 6.92. The Balaban J connectivity index is 1.80. The Labute approximate surface area is 103 Å². The summed E-state index contributed by atoms with van der Waals surface area (Å²) in [6, 6.07) is 10.4. The van der Waals surface area contributed by atoms with Gasteiger partial charge in [0.05, 0.1) is 0 Å². The van der Waals surface area contributed by atoms with Crippen molar-refractivity contribution in [2.45, 2.75) is 44.4 Å². The minimum atomic E-state index is 0.190. The van der Waals surface area contributed by atoms with Gasteiger partial charge in [0.15, 0.2) is 0 Å². The van der Waals surface area contributed by atoms with Gasteiger partial charge in [-0.05, 0) is 30.2 Å². The topological polar surface area (TPSA) is 17.1 Å². The van der Waals surface area contributed by atoms with Crippen LogP contribution in [-0.2, 0) is 4.79 Å². The van der Waals surface area contributed by atoms with Crippen molar-refractivity contribution in [1.29, 1.82) is 0 Å². The van der Waals surface area contributed by atoms with Crippen LogP contribution < -0.4 is 0 Å². The molecule has 1 aromatic carbocycles. The van der Waals surface area contributed by atoms with Crippen LogP contribution in [0.25, 0.3) is 0 Å². The summed E-state index contributed by atoms with van der Waals surface area (Å²) in [5.41, 5.74) is 1.24. The minimum absolute atomic E-state index is 0.190. The quantitative estimate of drug-likeness (QED) is 0.711. The molecule has 0 aromatic heterocycles. The van der Waals surface area contributed by atoms with E-state index in [4.69, 9.17) is 0 Å². The van der Waals surface area contributed by atoms with Gasteiger partial charge in [0.25, 0.3) is 0 Å². The van der Waals surface area contributed by atoms with E-state index in [0.717, 1.165) is 18.8 Å². The lowest BCUT2D eigenvalue weighted by Crippen LogP contribution is -2.32. The largest absolute Gasteiger partial charge is 0.299 e. The zero-order valence-electron chi connectivity index (χ0n) is 10.3. The van der Waals surface area contributed by atoms with E-state index in [9.17, 15) is 4.79 Å². The summed E-state index contributed by atoms with van der Waals surface area (Å²) in [5.74, 6) is 2.19. The third kappa shape index (κ3) is 2.15. The zero-order chi connectivity index (χ0) is 11.7. The number of carbonyl (C=O) groups excluding carboxylic acids is 1. The van der Waals surface area contributed by atoms with Gasteiger partial charge >= 0.3 is 0 Å². The number of rotatable bonds is 1. The Hall–Kier alpha value is -1.11. The van der Waals surface area contributed by atoms with Gasteiger partial charge in [0, 0.05) is 12.3 Å². The highest BCUT2D eigenvalue weighted by molar-refractivity contribution is 5.86. The SMILES string of the molecule is O=C1C[C@H]2CCCC[C@@H]2C[C@@H]1c1ccccc1. The number of Topliss-reactive ketones (excluding diaryl/α,β-unsaturated/α-hetero) is 1. The van der Waals surface area contributed by atoms with Crippen LogP contribution in [0.2, 0.25) is 0 Å². The molecule has 90 valence electrons. The van der Waals surface area contributed by atoms with E-state index >= 15 is 0 Å². The minimum Gasteiger partial charge on any atom is -0.299 e. The maximum absolute atomic E-state index is 12.2. The number of ketones is 1. The normalized spacial score (nSPS) is 33.2.